The molecular weight excluding hydrogens is 296 g/mol. The van der Waals surface area contributed by atoms with E-state index in [1.54, 1.807) is 17.7 Å². The molecule has 22 heavy (non-hydrogen) atoms. The van der Waals surface area contributed by atoms with Gasteiger partial charge in [0.05, 0.1) is 5.39 Å². The fraction of sp³-hybridized carbons (Fsp3) is 0.562. The molecule has 0 saturated heterocycles. The third-order valence-corrected chi connectivity index (χ3v) is 5.45. The Kier molecular flexibility index (Phi) is 4.29. The molecule has 2 unspecified atom stereocenters. The van der Waals surface area contributed by atoms with E-state index in [0.29, 0.717) is 0 Å². The van der Waals surface area contributed by atoms with Gasteiger partial charge in [0.15, 0.2) is 0 Å². The Morgan fingerprint density at radius 2 is 2.18 bits per heavy atom. The standard InChI is InChI=1S/C16H22N4OS/c1-4-9(2)19-15(21)10(3)20-14-13-11-6-5-7-12(11)22-16(13)18-8-17-14/h8-10H,4-7H2,1-3H3,(H,19,21)(H,17,18,20). The van der Waals surface area contributed by atoms with Gasteiger partial charge in [-0.3, -0.25) is 4.79 Å². The highest BCUT2D eigenvalue weighted by Gasteiger charge is 2.23. The van der Waals surface area contributed by atoms with E-state index in [1.807, 2.05) is 13.8 Å². The van der Waals surface area contributed by atoms with Gasteiger partial charge in [0.25, 0.3) is 0 Å². The average Bonchev–Trinajstić information content (AvgIpc) is 3.07. The molecule has 118 valence electrons. The van der Waals surface area contributed by atoms with E-state index in [1.165, 1.54) is 16.9 Å². The van der Waals surface area contributed by atoms with Crippen molar-refractivity contribution in [3.8, 4) is 0 Å². The Morgan fingerprint density at radius 3 is 2.95 bits per heavy atom. The normalized spacial score (nSPS) is 16.3. The van der Waals surface area contributed by atoms with E-state index >= 15 is 0 Å². The highest BCUT2D eigenvalue weighted by Crippen LogP contribution is 2.39. The number of thiophene rings is 1. The van der Waals surface area contributed by atoms with Crippen LogP contribution in [0.15, 0.2) is 6.33 Å². The van der Waals surface area contributed by atoms with Crippen LogP contribution in [0.25, 0.3) is 10.2 Å². The first-order valence-corrected chi connectivity index (χ1v) is 8.74. The third kappa shape index (κ3) is 2.79. The van der Waals surface area contributed by atoms with Crippen LogP contribution in [0.4, 0.5) is 5.82 Å². The molecule has 1 aliphatic carbocycles. The Balaban J connectivity index is 1.83. The molecule has 0 aliphatic heterocycles. The van der Waals surface area contributed by atoms with Gasteiger partial charge in [-0.1, -0.05) is 6.92 Å². The van der Waals surface area contributed by atoms with E-state index in [4.69, 9.17) is 0 Å². The molecule has 1 amide bonds. The maximum absolute atomic E-state index is 12.2. The van der Waals surface area contributed by atoms with E-state index in [-0.39, 0.29) is 18.0 Å². The molecule has 2 heterocycles. The van der Waals surface area contributed by atoms with Gasteiger partial charge in [-0.25, -0.2) is 9.97 Å². The van der Waals surface area contributed by atoms with Gasteiger partial charge in [0.2, 0.25) is 5.91 Å². The maximum atomic E-state index is 12.2. The van der Waals surface area contributed by atoms with Gasteiger partial charge in [-0.05, 0) is 45.1 Å². The largest absolute Gasteiger partial charge is 0.358 e. The first kappa shape index (κ1) is 15.2. The van der Waals surface area contributed by atoms with Crippen LogP contribution in [0.3, 0.4) is 0 Å². The molecule has 0 saturated carbocycles. The molecule has 0 spiro atoms. The summed E-state index contributed by atoms with van der Waals surface area (Å²) in [6.45, 7) is 5.95. The Labute approximate surface area is 134 Å². The summed E-state index contributed by atoms with van der Waals surface area (Å²) in [7, 11) is 0. The molecule has 2 atom stereocenters. The fourth-order valence-electron chi connectivity index (χ4n) is 2.78. The molecule has 3 rings (SSSR count). The minimum absolute atomic E-state index is 0.00740. The summed E-state index contributed by atoms with van der Waals surface area (Å²) in [5.74, 6) is 0.796. The monoisotopic (exact) mass is 318 g/mol. The lowest BCUT2D eigenvalue weighted by Crippen LogP contribution is -2.42. The zero-order valence-corrected chi connectivity index (χ0v) is 14.1. The van der Waals surface area contributed by atoms with Gasteiger partial charge >= 0.3 is 0 Å². The number of amides is 1. The van der Waals surface area contributed by atoms with Gasteiger partial charge in [-0.2, -0.15) is 0 Å². The van der Waals surface area contributed by atoms with Gasteiger partial charge in [0.1, 0.15) is 23.0 Å². The van der Waals surface area contributed by atoms with Crippen LogP contribution in [0.5, 0.6) is 0 Å². The van der Waals surface area contributed by atoms with Gasteiger partial charge < -0.3 is 10.6 Å². The minimum atomic E-state index is -0.316. The molecule has 0 radical (unpaired) electrons. The van der Waals surface area contributed by atoms with Crippen LogP contribution < -0.4 is 10.6 Å². The zero-order valence-electron chi connectivity index (χ0n) is 13.3. The fourth-order valence-corrected chi connectivity index (χ4v) is 4.01. The van der Waals surface area contributed by atoms with Crippen LogP contribution in [0.1, 0.15) is 44.1 Å². The predicted octanol–water partition coefficient (Wildman–Crippen LogP) is 2.90. The molecule has 2 aromatic heterocycles. The molecule has 2 aromatic rings. The van der Waals surface area contributed by atoms with E-state index < -0.39 is 0 Å². The lowest BCUT2D eigenvalue weighted by Gasteiger charge is -2.18. The number of carbonyl (C=O) groups excluding carboxylic acids is 1. The minimum Gasteiger partial charge on any atom is -0.358 e. The molecule has 0 aromatic carbocycles. The first-order valence-electron chi connectivity index (χ1n) is 7.92. The van der Waals surface area contributed by atoms with Crippen molar-refractivity contribution in [3.63, 3.8) is 0 Å². The molecular formula is C16H22N4OS. The van der Waals surface area contributed by atoms with Crippen LogP contribution in [0.2, 0.25) is 0 Å². The summed E-state index contributed by atoms with van der Waals surface area (Å²) < 4.78 is 0. The molecule has 5 nitrogen and oxygen atoms in total. The Bertz CT molecular complexity index is 697. The van der Waals surface area contributed by atoms with Crippen molar-refractivity contribution in [2.24, 2.45) is 0 Å². The number of fused-ring (bicyclic) bond motifs is 3. The Morgan fingerprint density at radius 1 is 1.36 bits per heavy atom. The van der Waals surface area contributed by atoms with E-state index in [2.05, 4.69) is 27.5 Å². The number of hydrogen-bond donors (Lipinski definition) is 2. The van der Waals surface area contributed by atoms with Crippen molar-refractivity contribution in [2.45, 2.75) is 58.5 Å². The van der Waals surface area contributed by atoms with E-state index in [0.717, 1.165) is 35.3 Å². The highest BCUT2D eigenvalue weighted by molar-refractivity contribution is 7.19. The number of nitrogens with zero attached hydrogens (tertiary/aromatic N) is 2. The third-order valence-electron chi connectivity index (χ3n) is 4.25. The zero-order chi connectivity index (χ0) is 15.7. The quantitative estimate of drug-likeness (QED) is 0.889. The van der Waals surface area contributed by atoms with Crippen molar-refractivity contribution in [2.75, 3.05) is 5.32 Å². The predicted molar refractivity (Wildman–Crippen MR) is 90.4 cm³/mol. The number of nitrogens with one attached hydrogen (secondary N) is 2. The van der Waals surface area contributed by atoms with Crippen molar-refractivity contribution in [1.82, 2.24) is 15.3 Å². The number of hydrogen-bond acceptors (Lipinski definition) is 5. The molecule has 0 bridgehead atoms. The second kappa shape index (κ2) is 6.20. The van der Waals surface area contributed by atoms with Crippen LogP contribution in [0, 0.1) is 0 Å². The lowest BCUT2D eigenvalue weighted by molar-refractivity contribution is -0.122. The van der Waals surface area contributed by atoms with Crippen molar-refractivity contribution >= 4 is 33.3 Å². The SMILES string of the molecule is CCC(C)NC(=O)C(C)Nc1ncnc2sc3c(c12)CCC3. The summed E-state index contributed by atoms with van der Waals surface area (Å²) in [4.78, 5) is 23.4. The van der Waals surface area contributed by atoms with Gasteiger partial charge in [0, 0.05) is 10.9 Å². The highest BCUT2D eigenvalue weighted by atomic mass is 32.1. The average molecular weight is 318 g/mol. The summed E-state index contributed by atoms with van der Waals surface area (Å²) in [6.07, 6.45) is 5.93. The summed E-state index contributed by atoms with van der Waals surface area (Å²) in [6, 6.07) is -0.128. The van der Waals surface area contributed by atoms with Gasteiger partial charge in [-0.15, -0.1) is 11.3 Å². The summed E-state index contributed by atoms with van der Waals surface area (Å²) >= 11 is 1.76. The number of aromatic nitrogens is 2. The van der Waals surface area contributed by atoms with Crippen LogP contribution >= 0.6 is 11.3 Å². The molecule has 6 heteroatoms. The summed E-state index contributed by atoms with van der Waals surface area (Å²) in [5, 5.41) is 7.39. The second-order valence-electron chi connectivity index (χ2n) is 5.94. The van der Waals surface area contributed by atoms with Crippen LogP contribution in [-0.4, -0.2) is 28.0 Å². The van der Waals surface area contributed by atoms with Crippen molar-refractivity contribution < 1.29 is 4.79 Å². The van der Waals surface area contributed by atoms with Crippen LogP contribution in [-0.2, 0) is 17.6 Å². The smallest absolute Gasteiger partial charge is 0.242 e. The molecule has 2 N–H and O–H groups in total. The number of rotatable bonds is 5. The molecule has 0 fully saturated rings. The molecule has 1 aliphatic rings. The summed E-state index contributed by atoms with van der Waals surface area (Å²) in [5.41, 5.74) is 1.37. The number of anilines is 1. The van der Waals surface area contributed by atoms with E-state index in [9.17, 15) is 4.79 Å². The van der Waals surface area contributed by atoms with Crippen molar-refractivity contribution in [1.29, 1.82) is 0 Å². The maximum Gasteiger partial charge on any atom is 0.242 e. The lowest BCUT2D eigenvalue weighted by atomic mass is 10.1. The topological polar surface area (TPSA) is 66.9 Å². The Hall–Kier alpha value is -1.69. The van der Waals surface area contributed by atoms with Crippen molar-refractivity contribution in [3.05, 3.63) is 16.8 Å². The number of aryl methyl sites for hydroxylation is 2. The first-order chi connectivity index (χ1) is 10.6. The number of carbonyl (C=O) groups is 1. The second-order valence-corrected chi connectivity index (χ2v) is 7.03.